The molecule has 0 saturated carbocycles. The van der Waals surface area contributed by atoms with Gasteiger partial charge in [0.05, 0.1) is 0 Å². The second-order valence-corrected chi connectivity index (χ2v) is 6.32. The smallest absolute Gasteiger partial charge is 0.217 e. The second kappa shape index (κ2) is 7.09. The second-order valence-electron chi connectivity index (χ2n) is 5.40. The number of hydrogen-bond donors (Lipinski definition) is 2. The lowest BCUT2D eigenvalue weighted by atomic mass is 9.92. The third-order valence-electron chi connectivity index (χ3n) is 3.85. The molecule has 1 aromatic carbocycles. The van der Waals surface area contributed by atoms with Gasteiger partial charge in [-0.15, -0.1) is 0 Å². The maximum absolute atomic E-state index is 11.0. The molecule has 0 unspecified atom stereocenters. The number of carbonyl (C=O) groups is 1. The van der Waals surface area contributed by atoms with Gasteiger partial charge in [0.25, 0.3) is 0 Å². The highest BCUT2D eigenvalue weighted by molar-refractivity contribution is 9.10. The first-order chi connectivity index (χ1) is 9.60. The molecular formula is C15H22BrN3O. The zero-order valence-electron chi connectivity index (χ0n) is 11.9. The van der Waals surface area contributed by atoms with Crippen LogP contribution in [0.15, 0.2) is 22.7 Å². The molecular weight excluding hydrogens is 318 g/mol. The van der Waals surface area contributed by atoms with Crippen LogP contribution in [0.2, 0.25) is 0 Å². The van der Waals surface area contributed by atoms with Crippen molar-refractivity contribution in [1.29, 1.82) is 0 Å². The fourth-order valence-corrected chi connectivity index (χ4v) is 3.27. The molecule has 0 aliphatic carbocycles. The average Bonchev–Trinajstić information content (AvgIpc) is 2.40. The summed E-state index contributed by atoms with van der Waals surface area (Å²) in [6.45, 7) is 2.85. The van der Waals surface area contributed by atoms with E-state index in [-0.39, 0.29) is 5.91 Å². The molecule has 110 valence electrons. The van der Waals surface area contributed by atoms with Gasteiger partial charge in [0, 0.05) is 36.2 Å². The fraction of sp³-hybridized carbons (Fsp3) is 0.533. The van der Waals surface area contributed by atoms with Crippen LogP contribution in [0, 0.1) is 5.92 Å². The van der Waals surface area contributed by atoms with E-state index in [1.54, 1.807) is 0 Å². The fourth-order valence-electron chi connectivity index (χ4n) is 2.86. The summed E-state index contributed by atoms with van der Waals surface area (Å²) in [4.78, 5) is 13.4. The minimum absolute atomic E-state index is 0.178. The first-order valence-corrected chi connectivity index (χ1v) is 7.85. The molecule has 0 bridgehead atoms. The molecule has 20 heavy (non-hydrogen) atoms. The highest BCUT2D eigenvalue weighted by Gasteiger charge is 2.22. The van der Waals surface area contributed by atoms with Crippen LogP contribution in [0.5, 0.6) is 0 Å². The molecule has 1 aliphatic rings. The Morgan fingerprint density at radius 3 is 2.75 bits per heavy atom. The van der Waals surface area contributed by atoms with Gasteiger partial charge in [0.2, 0.25) is 5.91 Å². The summed E-state index contributed by atoms with van der Waals surface area (Å²) in [6.07, 6.45) is 2.60. The molecule has 1 amide bonds. The quantitative estimate of drug-likeness (QED) is 0.864. The Morgan fingerprint density at radius 1 is 1.45 bits per heavy atom. The van der Waals surface area contributed by atoms with E-state index < -0.39 is 0 Å². The Kier molecular flexibility index (Phi) is 5.43. The number of amides is 1. The van der Waals surface area contributed by atoms with Gasteiger partial charge < -0.3 is 16.0 Å². The lowest BCUT2D eigenvalue weighted by Crippen LogP contribution is -2.35. The number of primary amides is 1. The summed E-state index contributed by atoms with van der Waals surface area (Å²) in [6, 6.07) is 6.43. The van der Waals surface area contributed by atoms with Gasteiger partial charge in [-0.25, -0.2) is 0 Å². The van der Waals surface area contributed by atoms with Crippen molar-refractivity contribution in [2.45, 2.75) is 25.8 Å². The summed E-state index contributed by atoms with van der Waals surface area (Å²) >= 11 is 3.53. The van der Waals surface area contributed by atoms with Crippen LogP contribution in [-0.2, 0) is 11.3 Å². The Hall–Kier alpha value is -1.07. The van der Waals surface area contributed by atoms with Crippen molar-refractivity contribution in [2.24, 2.45) is 11.7 Å². The zero-order chi connectivity index (χ0) is 14.5. The number of carbonyl (C=O) groups excluding carboxylic acids is 1. The van der Waals surface area contributed by atoms with E-state index in [1.807, 2.05) is 7.05 Å². The third kappa shape index (κ3) is 3.96. The zero-order valence-corrected chi connectivity index (χ0v) is 13.4. The average molecular weight is 340 g/mol. The lowest BCUT2D eigenvalue weighted by Gasteiger charge is -2.34. The number of piperidine rings is 1. The molecule has 5 heteroatoms. The van der Waals surface area contributed by atoms with E-state index in [1.165, 1.54) is 11.3 Å². The summed E-state index contributed by atoms with van der Waals surface area (Å²) in [7, 11) is 1.96. The Bertz CT molecular complexity index is 470. The van der Waals surface area contributed by atoms with Gasteiger partial charge in [0.1, 0.15) is 0 Å². The van der Waals surface area contributed by atoms with E-state index in [0.29, 0.717) is 12.3 Å². The standard InChI is InChI=1S/C15H22BrN3O/c1-18-10-12-9-13(16)2-3-14(12)19-6-4-11(5-7-19)8-15(17)20/h2-3,9,11,18H,4-8,10H2,1H3,(H2,17,20). The van der Waals surface area contributed by atoms with Gasteiger partial charge in [0.15, 0.2) is 0 Å². The molecule has 1 saturated heterocycles. The van der Waals surface area contributed by atoms with Gasteiger partial charge in [-0.1, -0.05) is 15.9 Å². The van der Waals surface area contributed by atoms with Crippen LogP contribution >= 0.6 is 15.9 Å². The molecule has 2 rings (SSSR count). The molecule has 1 aliphatic heterocycles. The molecule has 0 aromatic heterocycles. The first-order valence-electron chi connectivity index (χ1n) is 7.06. The number of hydrogen-bond acceptors (Lipinski definition) is 3. The van der Waals surface area contributed by atoms with E-state index >= 15 is 0 Å². The van der Waals surface area contributed by atoms with Crippen LogP contribution in [-0.4, -0.2) is 26.0 Å². The van der Waals surface area contributed by atoms with Crippen molar-refractivity contribution in [1.82, 2.24) is 5.32 Å². The largest absolute Gasteiger partial charge is 0.371 e. The Balaban J connectivity index is 2.04. The molecule has 0 radical (unpaired) electrons. The maximum Gasteiger partial charge on any atom is 0.217 e. The number of nitrogens with one attached hydrogen (secondary N) is 1. The van der Waals surface area contributed by atoms with Gasteiger partial charge in [-0.2, -0.15) is 0 Å². The normalized spacial score (nSPS) is 16.4. The van der Waals surface area contributed by atoms with Crippen LogP contribution in [0.25, 0.3) is 0 Å². The van der Waals surface area contributed by atoms with Gasteiger partial charge in [-0.05, 0) is 49.6 Å². The van der Waals surface area contributed by atoms with E-state index in [0.717, 1.165) is 36.9 Å². The number of anilines is 1. The first kappa shape index (κ1) is 15.3. The van der Waals surface area contributed by atoms with E-state index in [4.69, 9.17) is 5.73 Å². The topological polar surface area (TPSA) is 58.4 Å². The van der Waals surface area contributed by atoms with Crippen molar-refractivity contribution < 1.29 is 4.79 Å². The molecule has 1 heterocycles. The SMILES string of the molecule is CNCc1cc(Br)ccc1N1CCC(CC(N)=O)CC1. The number of nitrogens with zero attached hydrogens (tertiary/aromatic N) is 1. The summed E-state index contributed by atoms with van der Waals surface area (Å²) in [5, 5.41) is 3.22. The minimum atomic E-state index is -0.178. The van der Waals surface area contributed by atoms with Crippen molar-refractivity contribution in [3.05, 3.63) is 28.2 Å². The van der Waals surface area contributed by atoms with Crippen molar-refractivity contribution in [2.75, 3.05) is 25.0 Å². The summed E-state index contributed by atoms with van der Waals surface area (Å²) in [5.74, 6) is 0.273. The van der Waals surface area contributed by atoms with Crippen LogP contribution in [0.1, 0.15) is 24.8 Å². The molecule has 4 nitrogen and oxygen atoms in total. The van der Waals surface area contributed by atoms with Crippen LogP contribution in [0.3, 0.4) is 0 Å². The van der Waals surface area contributed by atoms with Crippen LogP contribution < -0.4 is 16.0 Å². The lowest BCUT2D eigenvalue weighted by molar-refractivity contribution is -0.119. The predicted octanol–water partition coefficient (Wildman–Crippen LogP) is 2.26. The number of nitrogens with two attached hydrogens (primary N) is 1. The van der Waals surface area contributed by atoms with E-state index in [2.05, 4.69) is 44.3 Å². The molecule has 1 fully saturated rings. The Labute approximate surface area is 128 Å². The number of benzene rings is 1. The molecule has 3 N–H and O–H groups in total. The van der Waals surface area contributed by atoms with Crippen molar-refractivity contribution in [3.63, 3.8) is 0 Å². The third-order valence-corrected chi connectivity index (χ3v) is 4.35. The highest BCUT2D eigenvalue weighted by atomic mass is 79.9. The number of rotatable bonds is 5. The van der Waals surface area contributed by atoms with Gasteiger partial charge >= 0.3 is 0 Å². The Morgan fingerprint density at radius 2 is 2.15 bits per heavy atom. The summed E-state index contributed by atoms with van der Waals surface area (Å²) in [5.41, 5.74) is 7.88. The molecule has 0 spiro atoms. The van der Waals surface area contributed by atoms with Crippen molar-refractivity contribution in [3.8, 4) is 0 Å². The minimum Gasteiger partial charge on any atom is -0.371 e. The summed E-state index contributed by atoms with van der Waals surface area (Å²) < 4.78 is 1.11. The monoisotopic (exact) mass is 339 g/mol. The molecule has 0 atom stereocenters. The number of halogens is 1. The van der Waals surface area contributed by atoms with Crippen LogP contribution in [0.4, 0.5) is 5.69 Å². The van der Waals surface area contributed by atoms with Gasteiger partial charge in [-0.3, -0.25) is 4.79 Å². The highest BCUT2D eigenvalue weighted by Crippen LogP contribution is 2.29. The maximum atomic E-state index is 11.0. The van der Waals surface area contributed by atoms with Crippen molar-refractivity contribution >= 4 is 27.5 Å². The molecule has 1 aromatic rings. The predicted molar refractivity (Wildman–Crippen MR) is 85.7 cm³/mol. The van der Waals surface area contributed by atoms with E-state index in [9.17, 15) is 4.79 Å².